The molecule has 30 heavy (non-hydrogen) atoms. The molecule has 1 amide bonds. The number of anilines is 1. The maximum atomic E-state index is 12.5. The molecule has 0 bridgehead atoms. The van der Waals surface area contributed by atoms with Gasteiger partial charge in [0, 0.05) is 35.6 Å². The zero-order valence-electron chi connectivity index (χ0n) is 17.5. The molecule has 1 aromatic carbocycles. The second-order valence-electron chi connectivity index (χ2n) is 7.46. The summed E-state index contributed by atoms with van der Waals surface area (Å²) in [6.07, 6.45) is 0. The normalized spacial score (nSPS) is 14.9. The standard InChI is InChI=1S/C22H26N4O2S2/c1-14-15(2)30-22-20(14)21(23-16(3)24-22)29-13-19(27)25-18-6-4-17(5-7-18)12-26-8-10-28-11-9-26/h4-7H,8-13H2,1-3H3,(H,25,27). The smallest absolute Gasteiger partial charge is 0.234 e. The van der Waals surface area contributed by atoms with Crippen LogP contribution in [0.15, 0.2) is 29.3 Å². The highest BCUT2D eigenvalue weighted by Gasteiger charge is 2.15. The van der Waals surface area contributed by atoms with Crippen molar-refractivity contribution >= 4 is 44.9 Å². The second kappa shape index (κ2) is 9.43. The first-order valence-electron chi connectivity index (χ1n) is 10.1. The summed E-state index contributed by atoms with van der Waals surface area (Å²) in [5.74, 6) is 1.02. The topological polar surface area (TPSA) is 67.4 Å². The lowest BCUT2D eigenvalue weighted by Gasteiger charge is -2.26. The molecule has 8 heteroatoms. The number of ether oxygens (including phenoxy) is 1. The molecule has 3 heterocycles. The number of carbonyl (C=O) groups is 1. The molecule has 0 spiro atoms. The molecule has 0 saturated carbocycles. The summed E-state index contributed by atoms with van der Waals surface area (Å²) >= 11 is 3.15. The number of amides is 1. The van der Waals surface area contributed by atoms with E-state index in [4.69, 9.17) is 4.74 Å². The average Bonchev–Trinajstić information content (AvgIpc) is 3.02. The lowest BCUT2D eigenvalue weighted by Crippen LogP contribution is -2.35. The number of hydrogen-bond acceptors (Lipinski definition) is 7. The first-order valence-corrected chi connectivity index (χ1v) is 11.9. The second-order valence-corrected chi connectivity index (χ2v) is 9.63. The monoisotopic (exact) mass is 442 g/mol. The van der Waals surface area contributed by atoms with Gasteiger partial charge in [0.05, 0.1) is 19.0 Å². The van der Waals surface area contributed by atoms with E-state index in [1.165, 1.54) is 27.8 Å². The molecular formula is C22H26N4O2S2. The third-order valence-corrected chi connectivity index (χ3v) is 7.27. The molecule has 0 radical (unpaired) electrons. The summed E-state index contributed by atoms with van der Waals surface area (Å²) in [6, 6.07) is 8.09. The molecule has 158 valence electrons. The van der Waals surface area contributed by atoms with Crippen LogP contribution in [-0.4, -0.2) is 52.8 Å². The van der Waals surface area contributed by atoms with Crippen molar-refractivity contribution in [1.82, 2.24) is 14.9 Å². The van der Waals surface area contributed by atoms with Gasteiger partial charge in [0.15, 0.2) is 0 Å². The number of benzene rings is 1. The van der Waals surface area contributed by atoms with Crippen molar-refractivity contribution in [2.45, 2.75) is 32.3 Å². The molecule has 1 saturated heterocycles. The molecule has 4 rings (SSSR count). The van der Waals surface area contributed by atoms with Gasteiger partial charge in [-0.05, 0) is 44.0 Å². The molecule has 1 aliphatic heterocycles. The molecule has 2 aromatic heterocycles. The zero-order valence-corrected chi connectivity index (χ0v) is 19.2. The predicted octanol–water partition coefficient (Wildman–Crippen LogP) is 4.18. The molecule has 0 aliphatic carbocycles. The van der Waals surface area contributed by atoms with Crippen LogP contribution >= 0.6 is 23.1 Å². The van der Waals surface area contributed by atoms with Gasteiger partial charge < -0.3 is 10.1 Å². The maximum Gasteiger partial charge on any atom is 0.234 e. The third kappa shape index (κ3) is 5.00. The Balaban J connectivity index is 1.35. The number of rotatable bonds is 6. The van der Waals surface area contributed by atoms with Crippen molar-refractivity contribution < 1.29 is 9.53 Å². The summed E-state index contributed by atoms with van der Waals surface area (Å²) in [5.41, 5.74) is 3.26. The maximum absolute atomic E-state index is 12.5. The van der Waals surface area contributed by atoms with Gasteiger partial charge in [0.2, 0.25) is 5.91 Å². The molecule has 0 unspecified atom stereocenters. The van der Waals surface area contributed by atoms with E-state index in [9.17, 15) is 4.79 Å². The van der Waals surface area contributed by atoms with Crippen molar-refractivity contribution in [2.75, 3.05) is 37.4 Å². The minimum Gasteiger partial charge on any atom is -0.379 e. The Kier molecular flexibility index (Phi) is 6.67. The van der Waals surface area contributed by atoms with Crippen molar-refractivity contribution in [3.8, 4) is 0 Å². The lowest BCUT2D eigenvalue weighted by molar-refractivity contribution is -0.113. The lowest BCUT2D eigenvalue weighted by atomic mass is 10.2. The third-order valence-electron chi connectivity index (χ3n) is 5.19. The molecule has 1 fully saturated rings. The highest BCUT2D eigenvalue weighted by molar-refractivity contribution is 8.00. The van der Waals surface area contributed by atoms with Crippen molar-refractivity contribution in [1.29, 1.82) is 0 Å². The van der Waals surface area contributed by atoms with Crippen LogP contribution in [-0.2, 0) is 16.1 Å². The van der Waals surface area contributed by atoms with Gasteiger partial charge in [-0.1, -0.05) is 23.9 Å². The summed E-state index contributed by atoms with van der Waals surface area (Å²) < 4.78 is 5.39. The van der Waals surface area contributed by atoms with Crippen LogP contribution in [0.2, 0.25) is 0 Å². The molecule has 1 N–H and O–H groups in total. The Labute approximate surface area is 185 Å². The number of fused-ring (bicyclic) bond motifs is 1. The van der Waals surface area contributed by atoms with Crippen LogP contribution in [0.4, 0.5) is 5.69 Å². The van der Waals surface area contributed by atoms with E-state index in [-0.39, 0.29) is 5.91 Å². The minimum absolute atomic E-state index is 0.0325. The van der Waals surface area contributed by atoms with E-state index >= 15 is 0 Å². The van der Waals surface area contributed by atoms with Gasteiger partial charge >= 0.3 is 0 Å². The van der Waals surface area contributed by atoms with Gasteiger partial charge in [-0.15, -0.1) is 11.3 Å². The number of hydrogen-bond donors (Lipinski definition) is 1. The quantitative estimate of drug-likeness (QED) is 0.456. The van der Waals surface area contributed by atoms with Gasteiger partial charge in [0.1, 0.15) is 15.7 Å². The number of nitrogens with zero attached hydrogens (tertiary/aromatic N) is 3. The first kappa shape index (κ1) is 21.2. The van der Waals surface area contributed by atoms with Crippen LogP contribution < -0.4 is 5.32 Å². The van der Waals surface area contributed by atoms with E-state index in [1.54, 1.807) is 11.3 Å². The van der Waals surface area contributed by atoms with Crippen molar-refractivity contribution in [3.05, 3.63) is 46.1 Å². The molecule has 1 aliphatic rings. The van der Waals surface area contributed by atoms with E-state index < -0.39 is 0 Å². The number of aryl methyl sites for hydroxylation is 3. The number of carbonyl (C=O) groups excluding carboxylic acids is 1. The Bertz CT molecular complexity index is 1040. The highest BCUT2D eigenvalue weighted by Crippen LogP contribution is 2.35. The van der Waals surface area contributed by atoms with E-state index in [0.717, 1.165) is 59.6 Å². The van der Waals surface area contributed by atoms with Crippen LogP contribution in [0.5, 0.6) is 0 Å². The molecule has 0 atom stereocenters. The fourth-order valence-electron chi connectivity index (χ4n) is 3.46. The van der Waals surface area contributed by atoms with E-state index in [2.05, 4.69) is 46.2 Å². The largest absolute Gasteiger partial charge is 0.379 e. The van der Waals surface area contributed by atoms with Crippen molar-refractivity contribution in [3.63, 3.8) is 0 Å². The average molecular weight is 443 g/mol. The number of thioether (sulfide) groups is 1. The number of morpholine rings is 1. The number of aromatic nitrogens is 2. The van der Waals surface area contributed by atoms with Crippen molar-refractivity contribution in [2.24, 2.45) is 0 Å². The number of nitrogens with one attached hydrogen (secondary N) is 1. The SMILES string of the molecule is Cc1nc(SCC(=O)Nc2ccc(CN3CCOCC3)cc2)c2c(C)c(C)sc2n1. The molecule has 6 nitrogen and oxygen atoms in total. The van der Waals surface area contributed by atoms with Crippen LogP contribution in [0, 0.1) is 20.8 Å². The van der Waals surface area contributed by atoms with Gasteiger partial charge in [0.25, 0.3) is 0 Å². The summed E-state index contributed by atoms with van der Waals surface area (Å²) in [4.78, 5) is 26.3. The fourth-order valence-corrected chi connectivity index (χ4v) is 5.53. The molecule has 3 aromatic rings. The van der Waals surface area contributed by atoms with Gasteiger partial charge in [-0.25, -0.2) is 9.97 Å². The number of thiophene rings is 1. The summed E-state index contributed by atoms with van der Waals surface area (Å²) in [6.45, 7) is 10.5. The van der Waals surface area contributed by atoms with Crippen LogP contribution in [0.25, 0.3) is 10.2 Å². The first-order chi connectivity index (χ1) is 14.5. The summed E-state index contributed by atoms with van der Waals surface area (Å²) in [7, 11) is 0. The Hall–Kier alpha value is -2.00. The van der Waals surface area contributed by atoms with Crippen LogP contribution in [0.3, 0.4) is 0 Å². The highest BCUT2D eigenvalue weighted by atomic mass is 32.2. The Morgan fingerprint density at radius 3 is 2.63 bits per heavy atom. The fraction of sp³-hybridized carbons (Fsp3) is 0.409. The van der Waals surface area contributed by atoms with E-state index in [0.29, 0.717) is 5.75 Å². The predicted molar refractivity (Wildman–Crippen MR) is 124 cm³/mol. The minimum atomic E-state index is -0.0325. The van der Waals surface area contributed by atoms with E-state index in [1.807, 2.05) is 19.1 Å². The summed E-state index contributed by atoms with van der Waals surface area (Å²) in [5, 5.41) is 4.95. The Morgan fingerprint density at radius 1 is 1.17 bits per heavy atom. The van der Waals surface area contributed by atoms with Gasteiger partial charge in [-0.2, -0.15) is 0 Å². The van der Waals surface area contributed by atoms with Crippen LogP contribution in [0.1, 0.15) is 21.8 Å². The molecular weight excluding hydrogens is 416 g/mol. The van der Waals surface area contributed by atoms with Gasteiger partial charge in [-0.3, -0.25) is 9.69 Å². The Morgan fingerprint density at radius 2 is 1.90 bits per heavy atom. The zero-order chi connectivity index (χ0) is 21.1.